The molecule has 1 atom stereocenters. The summed E-state index contributed by atoms with van der Waals surface area (Å²) in [4.78, 5) is 38.1. The summed E-state index contributed by atoms with van der Waals surface area (Å²) in [7, 11) is 0. The Bertz CT molecular complexity index is 1050. The molecule has 0 aliphatic carbocycles. The van der Waals surface area contributed by atoms with Crippen LogP contribution in [0, 0.1) is 0 Å². The van der Waals surface area contributed by atoms with E-state index in [1.54, 1.807) is 0 Å². The van der Waals surface area contributed by atoms with Gasteiger partial charge in [-0.05, 0) is 51.4 Å². The molecule has 0 aromatic carbocycles. The first-order valence-corrected chi connectivity index (χ1v) is 28.8. The minimum absolute atomic E-state index is 0.0680. The smallest absolute Gasteiger partial charge is 0.306 e. The Hall–Kier alpha value is -2.11. The SMILES string of the molecule is CCCCC/C=C\C/C=C\CCCCCCCCCC(=O)OC[C@@H](COC(=O)CCCCCCCCCCCCCCCCC)OC(=O)CCCCCCCCCCCCCCCCC. The van der Waals surface area contributed by atoms with Gasteiger partial charge in [-0.3, -0.25) is 14.4 Å². The van der Waals surface area contributed by atoms with E-state index < -0.39 is 6.10 Å². The highest BCUT2D eigenvalue weighted by Crippen LogP contribution is 2.17. The van der Waals surface area contributed by atoms with Crippen LogP contribution in [0.4, 0.5) is 0 Å². The number of allylic oxidation sites excluding steroid dienone is 4. The molecule has 0 bridgehead atoms. The maximum absolute atomic E-state index is 12.8. The zero-order valence-corrected chi connectivity index (χ0v) is 43.8. The Labute approximate surface area is 404 Å². The molecule has 0 rings (SSSR count). The first-order chi connectivity index (χ1) is 32.0. The summed E-state index contributed by atoms with van der Waals surface area (Å²) in [5.74, 6) is -0.854. The van der Waals surface area contributed by atoms with E-state index in [1.165, 1.54) is 205 Å². The average Bonchev–Trinajstić information content (AvgIpc) is 3.30. The highest BCUT2D eigenvalue weighted by Gasteiger charge is 2.19. The van der Waals surface area contributed by atoms with Crippen LogP contribution in [0.25, 0.3) is 0 Å². The number of esters is 3. The van der Waals surface area contributed by atoms with Gasteiger partial charge in [0.2, 0.25) is 0 Å². The van der Waals surface area contributed by atoms with E-state index in [-0.39, 0.29) is 31.1 Å². The van der Waals surface area contributed by atoms with E-state index >= 15 is 0 Å². The number of hydrogen-bond acceptors (Lipinski definition) is 6. The van der Waals surface area contributed by atoms with Gasteiger partial charge in [-0.1, -0.05) is 270 Å². The van der Waals surface area contributed by atoms with E-state index in [0.29, 0.717) is 19.3 Å². The van der Waals surface area contributed by atoms with Crippen LogP contribution >= 0.6 is 0 Å². The molecule has 0 saturated carbocycles. The summed E-state index contributed by atoms with van der Waals surface area (Å²) in [5, 5.41) is 0. The van der Waals surface area contributed by atoms with Crippen molar-refractivity contribution in [2.24, 2.45) is 0 Å². The maximum Gasteiger partial charge on any atom is 0.306 e. The van der Waals surface area contributed by atoms with Gasteiger partial charge >= 0.3 is 17.9 Å². The fourth-order valence-electron chi connectivity index (χ4n) is 8.59. The highest BCUT2D eigenvalue weighted by atomic mass is 16.6. The first-order valence-electron chi connectivity index (χ1n) is 28.8. The molecule has 65 heavy (non-hydrogen) atoms. The van der Waals surface area contributed by atoms with Gasteiger partial charge in [-0.25, -0.2) is 0 Å². The van der Waals surface area contributed by atoms with Gasteiger partial charge < -0.3 is 14.2 Å². The minimum atomic E-state index is -0.769. The molecule has 0 aliphatic rings. The van der Waals surface area contributed by atoms with Crippen molar-refractivity contribution in [1.29, 1.82) is 0 Å². The summed E-state index contributed by atoms with van der Waals surface area (Å²) in [5.41, 5.74) is 0. The molecule has 382 valence electrons. The largest absolute Gasteiger partial charge is 0.462 e. The molecule has 0 aromatic heterocycles. The highest BCUT2D eigenvalue weighted by molar-refractivity contribution is 5.71. The van der Waals surface area contributed by atoms with Gasteiger partial charge in [-0.15, -0.1) is 0 Å². The van der Waals surface area contributed by atoms with Crippen molar-refractivity contribution in [1.82, 2.24) is 0 Å². The quantitative estimate of drug-likeness (QED) is 0.0262. The van der Waals surface area contributed by atoms with Gasteiger partial charge in [0.1, 0.15) is 13.2 Å². The lowest BCUT2D eigenvalue weighted by Crippen LogP contribution is -2.30. The van der Waals surface area contributed by atoms with Crippen molar-refractivity contribution in [3.8, 4) is 0 Å². The van der Waals surface area contributed by atoms with Crippen molar-refractivity contribution >= 4 is 17.9 Å². The minimum Gasteiger partial charge on any atom is -0.462 e. The molecule has 0 aromatic rings. The van der Waals surface area contributed by atoms with Gasteiger partial charge in [0, 0.05) is 19.3 Å². The number of carbonyl (C=O) groups is 3. The van der Waals surface area contributed by atoms with Gasteiger partial charge in [0.15, 0.2) is 6.10 Å². The molecule has 6 heteroatoms. The van der Waals surface area contributed by atoms with Crippen molar-refractivity contribution in [3.63, 3.8) is 0 Å². The number of rotatable bonds is 53. The molecule has 0 heterocycles. The lowest BCUT2D eigenvalue weighted by atomic mass is 10.0. The van der Waals surface area contributed by atoms with Gasteiger partial charge in [-0.2, -0.15) is 0 Å². The Morgan fingerprint density at radius 3 is 0.877 bits per heavy atom. The van der Waals surface area contributed by atoms with E-state index in [9.17, 15) is 14.4 Å². The molecule has 0 unspecified atom stereocenters. The van der Waals surface area contributed by atoms with Crippen molar-refractivity contribution in [2.45, 2.75) is 322 Å². The van der Waals surface area contributed by atoms with Crippen LogP contribution in [0.2, 0.25) is 0 Å². The van der Waals surface area contributed by atoms with Gasteiger partial charge in [0.05, 0.1) is 0 Å². The Morgan fingerprint density at radius 2 is 0.554 bits per heavy atom. The number of carbonyl (C=O) groups excluding carboxylic acids is 3. The second kappa shape index (κ2) is 54.5. The number of ether oxygens (including phenoxy) is 3. The lowest BCUT2D eigenvalue weighted by molar-refractivity contribution is -0.167. The van der Waals surface area contributed by atoms with Gasteiger partial charge in [0.25, 0.3) is 0 Å². The van der Waals surface area contributed by atoms with Crippen LogP contribution in [0.1, 0.15) is 316 Å². The van der Waals surface area contributed by atoms with E-state index in [1.807, 2.05) is 0 Å². The summed E-state index contributed by atoms with van der Waals surface area (Å²) in [6, 6.07) is 0. The normalized spacial score (nSPS) is 12.1. The van der Waals surface area contributed by atoms with Crippen LogP contribution in [-0.2, 0) is 28.6 Å². The zero-order valence-electron chi connectivity index (χ0n) is 43.8. The van der Waals surface area contributed by atoms with Crippen LogP contribution in [0.15, 0.2) is 24.3 Å². The van der Waals surface area contributed by atoms with Crippen LogP contribution in [0.5, 0.6) is 0 Å². The lowest BCUT2D eigenvalue weighted by Gasteiger charge is -2.18. The molecule has 6 nitrogen and oxygen atoms in total. The number of hydrogen-bond donors (Lipinski definition) is 0. The number of unbranched alkanes of at least 4 members (excludes halogenated alkanes) is 38. The molecule has 0 aliphatic heterocycles. The second-order valence-electron chi connectivity index (χ2n) is 19.6. The van der Waals surface area contributed by atoms with Crippen LogP contribution < -0.4 is 0 Å². The Kier molecular flexibility index (Phi) is 52.7. The third kappa shape index (κ3) is 52.7. The summed E-state index contributed by atoms with van der Waals surface area (Å²) < 4.78 is 16.9. The van der Waals surface area contributed by atoms with E-state index in [4.69, 9.17) is 14.2 Å². The monoisotopic (exact) mass is 915 g/mol. The van der Waals surface area contributed by atoms with Crippen molar-refractivity contribution < 1.29 is 28.6 Å². The summed E-state index contributed by atoms with van der Waals surface area (Å²) in [6.45, 7) is 6.66. The molecule has 0 radical (unpaired) electrons. The third-order valence-corrected chi connectivity index (χ3v) is 13.0. The second-order valence-corrected chi connectivity index (χ2v) is 19.6. The fraction of sp³-hybridized carbons (Fsp3) is 0.881. The average molecular weight is 916 g/mol. The molecule has 0 saturated heterocycles. The Morgan fingerprint density at radius 1 is 0.308 bits per heavy atom. The fourth-order valence-corrected chi connectivity index (χ4v) is 8.59. The predicted octanol–water partition coefficient (Wildman–Crippen LogP) is 19.1. The molecule has 0 spiro atoms. The molecule has 0 amide bonds. The predicted molar refractivity (Wildman–Crippen MR) is 279 cm³/mol. The van der Waals surface area contributed by atoms with Crippen LogP contribution in [-0.4, -0.2) is 37.2 Å². The first kappa shape index (κ1) is 62.9. The van der Waals surface area contributed by atoms with E-state index in [0.717, 1.165) is 70.6 Å². The summed E-state index contributed by atoms with van der Waals surface area (Å²) in [6.07, 6.45) is 63.0. The molecular formula is C59H110O6. The zero-order chi connectivity index (χ0) is 47.2. The molecule has 0 fully saturated rings. The molecular weight excluding hydrogens is 805 g/mol. The van der Waals surface area contributed by atoms with Crippen molar-refractivity contribution in [2.75, 3.05) is 13.2 Å². The molecule has 0 N–H and O–H groups in total. The standard InChI is InChI=1S/C59H110O6/c1-4-7-10-13-16-19-22-25-28-29-32-34-37-40-43-46-49-52-58(61)64-55-56(65-59(62)53-50-47-44-41-38-35-31-27-24-21-18-15-12-9-6-3)54-63-57(60)51-48-45-42-39-36-33-30-26-23-20-17-14-11-8-5-2/h16,19,25,28,56H,4-15,17-18,20-24,26-27,29-55H2,1-3H3/b19-16-,28-25-/t56-/m1/s1. The van der Waals surface area contributed by atoms with E-state index in [2.05, 4.69) is 45.1 Å². The Balaban J connectivity index is 4.33. The topological polar surface area (TPSA) is 78.9 Å². The summed E-state index contributed by atoms with van der Waals surface area (Å²) >= 11 is 0. The van der Waals surface area contributed by atoms with Crippen molar-refractivity contribution in [3.05, 3.63) is 24.3 Å². The van der Waals surface area contributed by atoms with Crippen LogP contribution in [0.3, 0.4) is 0 Å². The maximum atomic E-state index is 12.8. The third-order valence-electron chi connectivity index (χ3n) is 13.0.